The summed E-state index contributed by atoms with van der Waals surface area (Å²) >= 11 is 0. The lowest BCUT2D eigenvalue weighted by molar-refractivity contribution is -0.142. The first-order valence-electron chi connectivity index (χ1n) is 2.56. The van der Waals surface area contributed by atoms with Crippen molar-refractivity contribution in [2.24, 2.45) is 0 Å². The molecule has 0 N–H and O–H groups in total. The standard InChI is InChI=1S/C5H6F5/c1-3(6)2-4(7)5(8,9)10/h3H,2H2,1H3. The molecule has 0 heterocycles. The van der Waals surface area contributed by atoms with Crippen molar-refractivity contribution in [3.8, 4) is 0 Å². The quantitative estimate of drug-likeness (QED) is 0.546. The summed E-state index contributed by atoms with van der Waals surface area (Å²) in [7, 11) is 0. The van der Waals surface area contributed by atoms with Crippen molar-refractivity contribution in [3.05, 3.63) is 6.17 Å². The molecule has 0 aromatic rings. The van der Waals surface area contributed by atoms with Crippen LogP contribution in [0.1, 0.15) is 13.3 Å². The molecule has 0 aromatic heterocycles. The average molecular weight is 161 g/mol. The zero-order valence-corrected chi connectivity index (χ0v) is 5.17. The number of hydrogen-bond acceptors (Lipinski definition) is 0. The molecule has 1 atom stereocenters. The minimum atomic E-state index is -5.00. The second-order valence-corrected chi connectivity index (χ2v) is 1.89. The van der Waals surface area contributed by atoms with Gasteiger partial charge in [-0.15, -0.1) is 0 Å². The molecule has 0 aromatic carbocycles. The predicted molar refractivity (Wildman–Crippen MR) is 25.6 cm³/mol. The van der Waals surface area contributed by atoms with Gasteiger partial charge in [0.2, 0.25) is 0 Å². The van der Waals surface area contributed by atoms with Crippen LogP contribution in [0.5, 0.6) is 0 Å². The molecule has 0 rings (SSSR count). The molecule has 61 valence electrons. The van der Waals surface area contributed by atoms with Gasteiger partial charge in [0.25, 0.3) is 6.17 Å². The lowest BCUT2D eigenvalue weighted by Crippen LogP contribution is -2.18. The van der Waals surface area contributed by atoms with Crippen LogP contribution in [0.3, 0.4) is 0 Å². The van der Waals surface area contributed by atoms with E-state index in [1.54, 1.807) is 0 Å². The molecule has 10 heavy (non-hydrogen) atoms. The van der Waals surface area contributed by atoms with E-state index in [-0.39, 0.29) is 0 Å². The summed E-state index contributed by atoms with van der Waals surface area (Å²) < 4.78 is 57.1. The molecule has 0 saturated heterocycles. The van der Waals surface area contributed by atoms with Gasteiger partial charge in [0.15, 0.2) is 0 Å². The van der Waals surface area contributed by atoms with E-state index in [2.05, 4.69) is 0 Å². The third kappa shape index (κ3) is 3.63. The van der Waals surface area contributed by atoms with Crippen LogP contribution in [-0.2, 0) is 0 Å². The van der Waals surface area contributed by atoms with E-state index in [4.69, 9.17) is 0 Å². The van der Waals surface area contributed by atoms with E-state index in [1.807, 2.05) is 0 Å². The van der Waals surface area contributed by atoms with Gasteiger partial charge >= 0.3 is 6.18 Å². The Morgan fingerprint density at radius 1 is 1.40 bits per heavy atom. The van der Waals surface area contributed by atoms with E-state index in [1.165, 1.54) is 0 Å². The molecule has 0 fully saturated rings. The van der Waals surface area contributed by atoms with Crippen molar-refractivity contribution in [2.45, 2.75) is 25.7 Å². The summed E-state index contributed by atoms with van der Waals surface area (Å²) in [6, 6.07) is 0. The molecule has 0 nitrogen and oxygen atoms in total. The Bertz CT molecular complexity index is 94.7. The van der Waals surface area contributed by atoms with Crippen molar-refractivity contribution in [1.29, 1.82) is 0 Å². The van der Waals surface area contributed by atoms with Gasteiger partial charge in [-0.1, -0.05) is 0 Å². The van der Waals surface area contributed by atoms with E-state index < -0.39 is 24.9 Å². The fourth-order valence-electron chi connectivity index (χ4n) is 0.363. The molecule has 0 aliphatic rings. The first kappa shape index (κ1) is 9.65. The summed E-state index contributed by atoms with van der Waals surface area (Å²) in [4.78, 5) is 0. The second-order valence-electron chi connectivity index (χ2n) is 1.89. The van der Waals surface area contributed by atoms with Crippen LogP contribution in [0.25, 0.3) is 0 Å². The van der Waals surface area contributed by atoms with E-state index in [9.17, 15) is 22.0 Å². The molecule has 0 aliphatic carbocycles. The Kier molecular flexibility index (Phi) is 3.05. The highest BCUT2D eigenvalue weighted by atomic mass is 19.4. The molecule has 0 bridgehead atoms. The highest BCUT2D eigenvalue weighted by Gasteiger charge is 2.42. The second kappa shape index (κ2) is 3.16. The largest absolute Gasteiger partial charge is 0.426 e. The zero-order valence-electron chi connectivity index (χ0n) is 5.17. The molecular formula is C5H6F5. The fraction of sp³-hybridized carbons (Fsp3) is 0.800. The van der Waals surface area contributed by atoms with Crippen LogP contribution in [0, 0.1) is 6.17 Å². The molecule has 0 saturated carbocycles. The van der Waals surface area contributed by atoms with Crippen LogP contribution < -0.4 is 0 Å². The molecule has 1 unspecified atom stereocenters. The predicted octanol–water partition coefficient (Wildman–Crippen LogP) is 2.80. The molecule has 0 aliphatic heterocycles. The van der Waals surface area contributed by atoms with E-state index in [0.29, 0.717) is 0 Å². The molecule has 0 amide bonds. The van der Waals surface area contributed by atoms with Crippen molar-refractivity contribution >= 4 is 0 Å². The minimum Gasteiger partial charge on any atom is -0.248 e. The SMILES string of the molecule is CC(F)C[C](F)C(F)(F)F. The van der Waals surface area contributed by atoms with Gasteiger partial charge in [-0.25, -0.2) is 8.78 Å². The Labute approximate surface area is 55.0 Å². The number of alkyl halides is 4. The number of rotatable bonds is 2. The molecule has 1 radical (unpaired) electrons. The van der Waals surface area contributed by atoms with Crippen molar-refractivity contribution in [3.63, 3.8) is 0 Å². The van der Waals surface area contributed by atoms with Gasteiger partial charge in [0.05, 0.1) is 0 Å². The van der Waals surface area contributed by atoms with E-state index in [0.717, 1.165) is 6.92 Å². The lowest BCUT2D eigenvalue weighted by atomic mass is 10.2. The summed E-state index contributed by atoms with van der Waals surface area (Å²) in [5.41, 5.74) is 0. The molecular weight excluding hydrogens is 155 g/mol. The van der Waals surface area contributed by atoms with Crippen LogP contribution in [-0.4, -0.2) is 12.3 Å². The molecule has 0 spiro atoms. The topological polar surface area (TPSA) is 0 Å². The first-order valence-corrected chi connectivity index (χ1v) is 2.56. The maximum atomic E-state index is 11.7. The van der Waals surface area contributed by atoms with Crippen LogP contribution >= 0.6 is 0 Å². The third-order valence-electron chi connectivity index (χ3n) is 0.768. The Morgan fingerprint density at radius 3 is 1.90 bits per heavy atom. The maximum absolute atomic E-state index is 11.7. The lowest BCUT2D eigenvalue weighted by Gasteiger charge is -2.10. The maximum Gasteiger partial charge on any atom is 0.426 e. The average Bonchev–Trinajstić information content (AvgIpc) is 1.60. The smallest absolute Gasteiger partial charge is 0.248 e. The summed E-state index contributed by atoms with van der Waals surface area (Å²) in [6.07, 6.45) is -10.2. The highest BCUT2D eigenvalue weighted by Crippen LogP contribution is 2.33. The number of halogens is 5. The third-order valence-corrected chi connectivity index (χ3v) is 0.768. The zero-order chi connectivity index (χ0) is 8.36. The summed E-state index contributed by atoms with van der Waals surface area (Å²) in [5.74, 6) is 0. The van der Waals surface area contributed by atoms with Gasteiger partial charge in [0.1, 0.15) is 6.17 Å². The van der Waals surface area contributed by atoms with Crippen LogP contribution in [0.4, 0.5) is 22.0 Å². The van der Waals surface area contributed by atoms with Crippen LogP contribution in [0.15, 0.2) is 0 Å². The first-order chi connectivity index (χ1) is 4.34. The molecule has 5 heteroatoms. The van der Waals surface area contributed by atoms with Gasteiger partial charge < -0.3 is 0 Å². The van der Waals surface area contributed by atoms with Crippen molar-refractivity contribution < 1.29 is 22.0 Å². The Balaban J connectivity index is 3.73. The Morgan fingerprint density at radius 2 is 1.80 bits per heavy atom. The van der Waals surface area contributed by atoms with Crippen molar-refractivity contribution in [2.75, 3.05) is 0 Å². The number of hydrogen-bond donors (Lipinski definition) is 0. The minimum absolute atomic E-state index is 0.866. The summed E-state index contributed by atoms with van der Waals surface area (Å²) in [6.45, 7) is 0.866. The van der Waals surface area contributed by atoms with Gasteiger partial charge in [-0.3, -0.25) is 0 Å². The van der Waals surface area contributed by atoms with Gasteiger partial charge in [0, 0.05) is 6.42 Å². The monoisotopic (exact) mass is 161 g/mol. The highest BCUT2D eigenvalue weighted by molar-refractivity contribution is 4.87. The Hall–Kier alpha value is -0.350. The fourth-order valence-corrected chi connectivity index (χ4v) is 0.363. The van der Waals surface area contributed by atoms with Gasteiger partial charge in [-0.05, 0) is 6.92 Å². The van der Waals surface area contributed by atoms with Crippen molar-refractivity contribution in [1.82, 2.24) is 0 Å². The normalized spacial score (nSPS) is 15.9. The summed E-state index contributed by atoms with van der Waals surface area (Å²) in [5, 5.41) is 0. The van der Waals surface area contributed by atoms with Crippen LogP contribution in [0.2, 0.25) is 0 Å². The van der Waals surface area contributed by atoms with Gasteiger partial charge in [-0.2, -0.15) is 13.2 Å². The van der Waals surface area contributed by atoms with E-state index >= 15 is 0 Å².